The van der Waals surface area contributed by atoms with Gasteiger partial charge in [0.15, 0.2) is 0 Å². The molecule has 17 heavy (non-hydrogen) atoms. The molecule has 4 nitrogen and oxygen atoms in total. The summed E-state index contributed by atoms with van der Waals surface area (Å²) in [5, 5.41) is 0. The molecule has 0 spiro atoms. The van der Waals surface area contributed by atoms with Crippen LogP contribution in [0.25, 0.3) is 0 Å². The Bertz CT molecular complexity index is 336. The van der Waals surface area contributed by atoms with Gasteiger partial charge in [0, 0.05) is 52.1 Å². The van der Waals surface area contributed by atoms with Gasteiger partial charge in [0.2, 0.25) is 0 Å². The Morgan fingerprint density at radius 2 is 2.00 bits per heavy atom. The van der Waals surface area contributed by atoms with E-state index < -0.39 is 0 Å². The zero-order valence-corrected chi connectivity index (χ0v) is 12.9. The van der Waals surface area contributed by atoms with Gasteiger partial charge >= 0.3 is 0 Å². The molecule has 1 aliphatic rings. The Kier molecular flexibility index (Phi) is 5.36. The highest BCUT2D eigenvalue weighted by Gasteiger charge is 2.45. The highest BCUT2D eigenvalue weighted by molar-refractivity contribution is 7.10. The van der Waals surface area contributed by atoms with Crippen LogP contribution in [0, 0.1) is 5.92 Å². The lowest BCUT2D eigenvalue weighted by atomic mass is 10.0. The Morgan fingerprint density at radius 3 is 2.53 bits per heavy atom. The zero-order chi connectivity index (χ0) is 12.3. The van der Waals surface area contributed by atoms with Gasteiger partial charge in [-0.3, -0.25) is 0 Å². The van der Waals surface area contributed by atoms with Crippen LogP contribution in [0.5, 0.6) is 0 Å². The molecule has 7 atom stereocenters. The van der Waals surface area contributed by atoms with Gasteiger partial charge < -0.3 is 18.6 Å². The summed E-state index contributed by atoms with van der Waals surface area (Å²) in [6.07, 6.45) is 2.99. The van der Waals surface area contributed by atoms with Gasteiger partial charge in [-0.05, 0) is 18.6 Å². The topological polar surface area (TPSA) is 43.5 Å². The van der Waals surface area contributed by atoms with Crippen LogP contribution in [0.2, 0.25) is 0 Å². The summed E-state index contributed by atoms with van der Waals surface area (Å²) in [7, 11) is 6.98. The fraction of sp³-hybridized carbons (Fsp3) is 0.600. The summed E-state index contributed by atoms with van der Waals surface area (Å²) in [5.41, 5.74) is 1.19. The average Bonchev–Trinajstić information content (AvgIpc) is 2.95. The molecule has 0 amide bonds. The van der Waals surface area contributed by atoms with E-state index in [1.165, 1.54) is 5.69 Å². The third-order valence-electron chi connectivity index (χ3n) is 3.39. The van der Waals surface area contributed by atoms with Gasteiger partial charge in [0.25, 0.3) is 0 Å². The van der Waals surface area contributed by atoms with Gasteiger partial charge in [0.1, 0.15) is 0 Å². The standard InChI is InChI=1S/C10H18NO3P3/c15-12-5-6-4-7(8-2-1-3-11-8)10(14-17)9(6)13-16/h1-3,6-7,9-11H,4-5,15-17H2/t6-,7+,9-,10+/m1/s1. The second-order valence-electron chi connectivity index (χ2n) is 4.26. The Balaban J connectivity index is 2.17. The molecule has 1 aromatic heterocycles. The van der Waals surface area contributed by atoms with Crippen molar-refractivity contribution < 1.29 is 13.6 Å². The van der Waals surface area contributed by atoms with Crippen LogP contribution in [0.15, 0.2) is 18.3 Å². The maximum atomic E-state index is 5.52. The van der Waals surface area contributed by atoms with Crippen LogP contribution in [0.3, 0.4) is 0 Å². The average molecular weight is 293 g/mol. The first-order valence-corrected chi connectivity index (χ1v) is 6.89. The van der Waals surface area contributed by atoms with Crippen molar-refractivity contribution in [3.8, 4) is 0 Å². The van der Waals surface area contributed by atoms with E-state index in [0.717, 1.165) is 6.42 Å². The highest BCUT2D eigenvalue weighted by Crippen LogP contribution is 2.43. The number of H-pyrrole nitrogens is 1. The first-order chi connectivity index (χ1) is 8.31. The molecule has 7 heteroatoms. The van der Waals surface area contributed by atoms with Crippen molar-refractivity contribution >= 4 is 28.4 Å². The van der Waals surface area contributed by atoms with Crippen molar-refractivity contribution in [1.29, 1.82) is 0 Å². The summed E-state index contributed by atoms with van der Waals surface area (Å²) in [5.74, 6) is 0.655. The summed E-state index contributed by atoms with van der Waals surface area (Å²) in [6, 6.07) is 4.09. The molecule has 1 saturated carbocycles. The molecular weight excluding hydrogens is 275 g/mol. The first kappa shape index (κ1) is 13.9. The summed E-state index contributed by atoms with van der Waals surface area (Å²) in [6.45, 7) is 0.658. The number of hydrogen-bond donors (Lipinski definition) is 1. The maximum absolute atomic E-state index is 5.52. The van der Waals surface area contributed by atoms with Crippen LogP contribution in [-0.4, -0.2) is 23.8 Å². The molecule has 2 rings (SSSR count). The molecule has 0 bridgehead atoms. The van der Waals surface area contributed by atoms with E-state index in [-0.39, 0.29) is 12.2 Å². The van der Waals surface area contributed by atoms with E-state index in [2.05, 4.69) is 39.5 Å². The molecule has 3 unspecified atom stereocenters. The van der Waals surface area contributed by atoms with Crippen LogP contribution in [-0.2, 0) is 13.6 Å². The lowest BCUT2D eigenvalue weighted by Gasteiger charge is -2.23. The zero-order valence-electron chi connectivity index (χ0n) is 9.41. The van der Waals surface area contributed by atoms with Crippen molar-refractivity contribution in [2.24, 2.45) is 5.92 Å². The number of hydrogen-bond acceptors (Lipinski definition) is 3. The third kappa shape index (κ3) is 2.89. The van der Waals surface area contributed by atoms with Gasteiger partial charge in [-0.25, -0.2) is 0 Å². The van der Waals surface area contributed by atoms with E-state index in [0.29, 0.717) is 18.4 Å². The van der Waals surface area contributed by atoms with Crippen molar-refractivity contribution in [3.05, 3.63) is 24.0 Å². The SMILES string of the molecule is POC[C@H]1C[C@@H](c2ccc[nH]2)[C@H](OP)[C@@H]1OP. The quantitative estimate of drug-likeness (QED) is 0.847. The molecule has 0 aromatic carbocycles. The van der Waals surface area contributed by atoms with Crippen molar-refractivity contribution in [3.63, 3.8) is 0 Å². The van der Waals surface area contributed by atoms with Gasteiger partial charge in [-0.1, -0.05) is 0 Å². The first-order valence-electron chi connectivity index (χ1n) is 5.47. The van der Waals surface area contributed by atoms with Gasteiger partial charge in [-0.2, -0.15) is 0 Å². The van der Waals surface area contributed by atoms with E-state index in [1.807, 2.05) is 12.3 Å². The Hall–Kier alpha value is 0.450. The van der Waals surface area contributed by atoms with Gasteiger partial charge in [0.05, 0.1) is 18.8 Å². The molecule has 0 saturated heterocycles. The molecule has 1 fully saturated rings. The Labute approximate surface area is 108 Å². The van der Waals surface area contributed by atoms with Crippen LogP contribution in [0.1, 0.15) is 18.0 Å². The lowest BCUT2D eigenvalue weighted by molar-refractivity contribution is 0.0621. The molecule has 1 N–H and O–H groups in total. The fourth-order valence-corrected chi connectivity index (χ4v) is 3.59. The van der Waals surface area contributed by atoms with E-state index in [4.69, 9.17) is 13.6 Å². The number of rotatable bonds is 5. The summed E-state index contributed by atoms with van der Waals surface area (Å²) < 4.78 is 16.2. The van der Waals surface area contributed by atoms with E-state index >= 15 is 0 Å². The molecule has 0 radical (unpaired) electrons. The van der Waals surface area contributed by atoms with Crippen molar-refractivity contribution in [1.82, 2.24) is 4.98 Å². The van der Waals surface area contributed by atoms with E-state index in [9.17, 15) is 0 Å². The van der Waals surface area contributed by atoms with Crippen LogP contribution >= 0.6 is 28.4 Å². The largest absolute Gasteiger partial charge is 0.365 e. The number of aromatic nitrogens is 1. The second kappa shape index (κ2) is 6.57. The van der Waals surface area contributed by atoms with E-state index in [1.54, 1.807) is 0 Å². The monoisotopic (exact) mass is 293 g/mol. The summed E-state index contributed by atoms with van der Waals surface area (Å²) >= 11 is 0. The minimum atomic E-state index is 0.0290. The predicted octanol–water partition coefficient (Wildman–Crippen LogP) is 2.28. The predicted molar refractivity (Wildman–Crippen MR) is 76.5 cm³/mol. The molecule has 1 aromatic rings. The van der Waals surface area contributed by atoms with Gasteiger partial charge in [-0.15, -0.1) is 0 Å². The second-order valence-corrected chi connectivity index (χ2v) is 5.14. The third-order valence-corrected chi connectivity index (χ3v) is 4.21. The maximum Gasteiger partial charge on any atom is 0.0961 e. The highest BCUT2D eigenvalue weighted by atomic mass is 31.0. The minimum Gasteiger partial charge on any atom is -0.365 e. The Morgan fingerprint density at radius 1 is 1.24 bits per heavy atom. The van der Waals surface area contributed by atoms with Crippen molar-refractivity contribution in [2.75, 3.05) is 6.61 Å². The van der Waals surface area contributed by atoms with Crippen LogP contribution in [0.4, 0.5) is 0 Å². The molecule has 0 aliphatic heterocycles. The van der Waals surface area contributed by atoms with Crippen molar-refractivity contribution in [2.45, 2.75) is 24.5 Å². The lowest BCUT2D eigenvalue weighted by Crippen LogP contribution is -2.30. The molecule has 1 aliphatic carbocycles. The number of nitrogens with one attached hydrogen (secondary N) is 1. The smallest absolute Gasteiger partial charge is 0.0961 e. The normalized spacial score (nSPS) is 33.1. The van der Waals surface area contributed by atoms with Crippen LogP contribution < -0.4 is 0 Å². The fourth-order valence-electron chi connectivity index (χ4n) is 2.62. The molecule has 1 heterocycles. The minimum absolute atomic E-state index is 0.0290. The summed E-state index contributed by atoms with van der Waals surface area (Å²) in [4.78, 5) is 3.25. The number of aromatic amines is 1. The molecular formula is C10H18NO3P3. The molecule has 96 valence electrons.